The summed E-state index contributed by atoms with van der Waals surface area (Å²) in [7, 11) is 0. The van der Waals surface area contributed by atoms with Crippen LogP contribution in [0.5, 0.6) is 0 Å². The smallest absolute Gasteiger partial charge is 0.356 e. The van der Waals surface area contributed by atoms with Gasteiger partial charge in [0.25, 0.3) is 0 Å². The van der Waals surface area contributed by atoms with Gasteiger partial charge in [-0.25, -0.2) is 13.9 Å². The third-order valence-electron chi connectivity index (χ3n) is 3.41. The van der Waals surface area contributed by atoms with Crippen LogP contribution in [0, 0.1) is 0 Å². The highest BCUT2D eigenvalue weighted by Crippen LogP contribution is 2.28. The number of rotatable bonds is 2. The molecule has 19 heavy (non-hydrogen) atoms. The van der Waals surface area contributed by atoms with Crippen LogP contribution in [0.15, 0.2) is 30.3 Å². The normalized spacial score (nSPS) is 18.1. The first-order chi connectivity index (χ1) is 9.16. The summed E-state index contributed by atoms with van der Waals surface area (Å²) in [5, 5.41) is 13.3. The highest BCUT2D eigenvalue weighted by Gasteiger charge is 2.29. The fraction of sp³-hybridized carbons (Fsp3) is 0.286. The van der Waals surface area contributed by atoms with E-state index in [1.165, 1.54) is 0 Å². The standard InChI is InChI=1S/C14H13FN2O2/c15-9-6-7-12-11(8-9)13(14(18)19)16-17(12)10-4-2-1-3-5-10/h1-5,9H,6-8H2,(H,18,19). The van der Waals surface area contributed by atoms with Crippen molar-refractivity contribution in [2.75, 3.05) is 0 Å². The molecule has 1 aliphatic carbocycles. The third kappa shape index (κ3) is 2.01. The van der Waals surface area contributed by atoms with E-state index >= 15 is 0 Å². The van der Waals surface area contributed by atoms with Gasteiger partial charge in [-0.1, -0.05) is 18.2 Å². The van der Waals surface area contributed by atoms with Crippen molar-refractivity contribution in [1.29, 1.82) is 0 Å². The van der Waals surface area contributed by atoms with Gasteiger partial charge in [0.05, 0.1) is 5.69 Å². The van der Waals surface area contributed by atoms with Gasteiger partial charge in [0.2, 0.25) is 0 Å². The summed E-state index contributed by atoms with van der Waals surface area (Å²) in [4.78, 5) is 11.2. The van der Waals surface area contributed by atoms with E-state index in [1.54, 1.807) is 4.68 Å². The minimum absolute atomic E-state index is 0.0267. The third-order valence-corrected chi connectivity index (χ3v) is 3.41. The molecule has 0 radical (unpaired) electrons. The lowest BCUT2D eigenvalue weighted by Crippen LogP contribution is -2.17. The van der Waals surface area contributed by atoms with Gasteiger partial charge in [-0.3, -0.25) is 0 Å². The van der Waals surface area contributed by atoms with E-state index in [2.05, 4.69) is 5.10 Å². The van der Waals surface area contributed by atoms with Crippen LogP contribution < -0.4 is 0 Å². The molecule has 1 N–H and O–H groups in total. The number of nitrogens with zero attached hydrogens (tertiary/aromatic N) is 2. The maximum atomic E-state index is 13.5. The first kappa shape index (κ1) is 11.9. The van der Waals surface area contributed by atoms with E-state index in [9.17, 15) is 14.3 Å². The molecule has 1 aromatic carbocycles. The molecule has 98 valence electrons. The number of carboxylic acid groups (broad SMARTS) is 1. The molecule has 0 saturated carbocycles. The van der Waals surface area contributed by atoms with Gasteiger partial charge < -0.3 is 5.11 Å². The summed E-state index contributed by atoms with van der Waals surface area (Å²) in [6.07, 6.45) is 0.110. The van der Waals surface area contributed by atoms with Crippen LogP contribution in [-0.2, 0) is 12.8 Å². The average Bonchev–Trinajstić information content (AvgIpc) is 2.78. The number of para-hydroxylation sites is 1. The molecule has 2 aromatic rings. The maximum Gasteiger partial charge on any atom is 0.356 e. The number of benzene rings is 1. The fourth-order valence-corrected chi connectivity index (χ4v) is 2.53. The number of aromatic nitrogens is 2. The Bertz CT molecular complexity index is 622. The monoisotopic (exact) mass is 260 g/mol. The summed E-state index contributed by atoms with van der Waals surface area (Å²) < 4.78 is 15.1. The predicted octanol–water partition coefficient (Wildman–Crippen LogP) is 2.40. The minimum Gasteiger partial charge on any atom is -0.476 e. The van der Waals surface area contributed by atoms with Crippen LogP contribution in [0.2, 0.25) is 0 Å². The number of fused-ring (bicyclic) bond motifs is 1. The van der Waals surface area contributed by atoms with Gasteiger partial charge in [-0.2, -0.15) is 5.10 Å². The number of hydrogen-bond acceptors (Lipinski definition) is 2. The van der Waals surface area contributed by atoms with Crippen molar-refractivity contribution in [1.82, 2.24) is 9.78 Å². The maximum absolute atomic E-state index is 13.5. The van der Waals surface area contributed by atoms with Gasteiger partial charge >= 0.3 is 5.97 Å². The molecule has 0 saturated heterocycles. The Balaban J connectivity index is 2.17. The second-order valence-corrected chi connectivity index (χ2v) is 4.67. The lowest BCUT2D eigenvalue weighted by molar-refractivity contribution is 0.0688. The second-order valence-electron chi connectivity index (χ2n) is 4.67. The Morgan fingerprint density at radius 3 is 2.79 bits per heavy atom. The van der Waals surface area contributed by atoms with Gasteiger partial charge in [0, 0.05) is 17.7 Å². The number of aromatic carboxylic acids is 1. The SMILES string of the molecule is O=C(O)c1nn(-c2ccccc2)c2c1CC(F)CC2. The summed E-state index contributed by atoms with van der Waals surface area (Å²) in [6.45, 7) is 0. The molecule has 1 atom stereocenters. The van der Waals surface area contributed by atoms with Crippen LogP contribution in [0.1, 0.15) is 28.2 Å². The van der Waals surface area contributed by atoms with E-state index in [4.69, 9.17) is 0 Å². The molecular formula is C14H13FN2O2. The number of carboxylic acids is 1. The van der Waals surface area contributed by atoms with E-state index < -0.39 is 12.1 Å². The highest BCUT2D eigenvalue weighted by molar-refractivity contribution is 5.87. The van der Waals surface area contributed by atoms with Gasteiger partial charge in [0.1, 0.15) is 6.17 Å². The highest BCUT2D eigenvalue weighted by atomic mass is 19.1. The van der Waals surface area contributed by atoms with E-state index in [-0.39, 0.29) is 12.1 Å². The van der Waals surface area contributed by atoms with Crippen molar-refractivity contribution in [3.05, 3.63) is 47.3 Å². The zero-order valence-corrected chi connectivity index (χ0v) is 10.2. The molecule has 0 amide bonds. The molecule has 1 aromatic heterocycles. The van der Waals surface area contributed by atoms with Crippen LogP contribution in [0.3, 0.4) is 0 Å². The topological polar surface area (TPSA) is 55.1 Å². The van der Waals surface area contributed by atoms with Crippen molar-refractivity contribution >= 4 is 5.97 Å². The predicted molar refractivity (Wildman–Crippen MR) is 67.4 cm³/mol. The van der Waals surface area contributed by atoms with Crippen molar-refractivity contribution in [3.63, 3.8) is 0 Å². The summed E-state index contributed by atoms with van der Waals surface area (Å²) >= 11 is 0. The average molecular weight is 260 g/mol. The Hall–Kier alpha value is -2.17. The number of hydrogen-bond donors (Lipinski definition) is 1. The number of halogens is 1. The van der Waals surface area contributed by atoms with Crippen LogP contribution in [-0.4, -0.2) is 27.0 Å². The molecule has 5 heteroatoms. The molecule has 1 heterocycles. The van der Waals surface area contributed by atoms with Crippen molar-refractivity contribution in [2.24, 2.45) is 0 Å². The minimum atomic E-state index is -1.10. The number of alkyl halides is 1. The van der Waals surface area contributed by atoms with Crippen molar-refractivity contribution < 1.29 is 14.3 Å². The van der Waals surface area contributed by atoms with E-state index in [0.29, 0.717) is 18.4 Å². The molecule has 4 nitrogen and oxygen atoms in total. The Morgan fingerprint density at radius 2 is 2.11 bits per heavy atom. The summed E-state index contributed by atoms with van der Waals surface area (Å²) in [5.74, 6) is -1.10. The van der Waals surface area contributed by atoms with Crippen molar-refractivity contribution in [2.45, 2.75) is 25.4 Å². The molecular weight excluding hydrogens is 247 g/mol. The largest absolute Gasteiger partial charge is 0.476 e. The zero-order valence-electron chi connectivity index (χ0n) is 10.2. The first-order valence-corrected chi connectivity index (χ1v) is 6.20. The second kappa shape index (κ2) is 4.50. The first-order valence-electron chi connectivity index (χ1n) is 6.20. The Labute approximate surface area is 109 Å². The molecule has 1 aliphatic rings. The summed E-state index contributed by atoms with van der Waals surface area (Å²) in [5.41, 5.74) is 2.14. The lowest BCUT2D eigenvalue weighted by Gasteiger charge is -2.17. The summed E-state index contributed by atoms with van der Waals surface area (Å²) in [6, 6.07) is 9.34. The molecule has 0 bridgehead atoms. The molecule has 0 spiro atoms. The lowest BCUT2D eigenvalue weighted by atomic mass is 9.94. The van der Waals surface area contributed by atoms with E-state index in [1.807, 2.05) is 30.3 Å². The van der Waals surface area contributed by atoms with Crippen molar-refractivity contribution in [3.8, 4) is 5.69 Å². The molecule has 3 rings (SSSR count). The molecule has 0 aliphatic heterocycles. The Kier molecular flexibility index (Phi) is 2.81. The van der Waals surface area contributed by atoms with Crippen LogP contribution in [0.25, 0.3) is 5.69 Å². The van der Waals surface area contributed by atoms with Crippen LogP contribution >= 0.6 is 0 Å². The molecule has 1 unspecified atom stereocenters. The quantitative estimate of drug-likeness (QED) is 0.902. The molecule has 0 fully saturated rings. The van der Waals surface area contributed by atoms with Gasteiger partial charge in [-0.15, -0.1) is 0 Å². The van der Waals surface area contributed by atoms with Gasteiger partial charge in [-0.05, 0) is 25.0 Å². The zero-order chi connectivity index (χ0) is 13.4. The van der Waals surface area contributed by atoms with E-state index in [0.717, 1.165) is 11.4 Å². The number of carbonyl (C=O) groups is 1. The Morgan fingerprint density at radius 1 is 1.37 bits per heavy atom. The van der Waals surface area contributed by atoms with Crippen LogP contribution in [0.4, 0.5) is 4.39 Å². The fourth-order valence-electron chi connectivity index (χ4n) is 2.53. The van der Waals surface area contributed by atoms with Gasteiger partial charge in [0.15, 0.2) is 5.69 Å².